The van der Waals surface area contributed by atoms with Gasteiger partial charge in [0.2, 0.25) is 0 Å². The maximum Gasteiger partial charge on any atom is 0.416 e. The van der Waals surface area contributed by atoms with Crippen LogP contribution in [0.3, 0.4) is 0 Å². The van der Waals surface area contributed by atoms with Gasteiger partial charge in [0, 0.05) is 19.0 Å². The molecule has 3 rings (SSSR count). The third kappa shape index (κ3) is 5.79. The Balaban J connectivity index is 1.87. The first-order valence-corrected chi connectivity index (χ1v) is 10.2. The molecule has 1 saturated carbocycles. The zero-order chi connectivity index (χ0) is 24.4. The summed E-state index contributed by atoms with van der Waals surface area (Å²) in [6.45, 7) is -0.435. The molecule has 0 unspecified atom stereocenters. The Hall–Kier alpha value is -2.75. The van der Waals surface area contributed by atoms with Gasteiger partial charge in [-0.25, -0.2) is 4.79 Å². The van der Waals surface area contributed by atoms with Gasteiger partial charge in [-0.2, -0.15) is 26.3 Å². The van der Waals surface area contributed by atoms with Gasteiger partial charge in [-0.05, 0) is 42.2 Å². The summed E-state index contributed by atoms with van der Waals surface area (Å²) in [5, 5.41) is 0. The average molecular weight is 475 g/mol. The highest BCUT2D eigenvalue weighted by Gasteiger charge is 2.42. The fraction of sp³-hybridized carbons (Fsp3) is 0.435. The van der Waals surface area contributed by atoms with Crippen LogP contribution >= 0.6 is 0 Å². The Kier molecular flexibility index (Phi) is 7.26. The number of carbonyl (C=O) groups excluding carboxylic acids is 1. The standard InChI is InChI=1S/C23H23F6NO3/c1-30(21(31)32-2)18-8-9-19(20(18)15-6-4-3-5-7-15)33-13-14-10-16(22(24,25)26)12-17(11-14)23(27,28)29/h3-7,10-12,18-20H,8-9,13H2,1-2H3/t18-,19+,20+/m1/s1. The van der Waals surface area contributed by atoms with Crippen molar-refractivity contribution in [2.75, 3.05) is 14.2 Å². The van der Waals surface area contributed by atoms with E-state index in [9.17, 15) is 31.1 Å². The van der Waals surface area contributed by atoms with Crippen LogP contribution in [0.5, 0.6) is 0 Å². The van der Waals surface area contributed by atoms with Crippen molar-refractivity contribution in [3.63, 3.8) is 0 Å². The molecule has 33 heavy (non-hydrogen) atoms. The lowest BCUT2D eigenvalue weighted by atomic mass is 9.91. The van der Waals surface area contributed by atoms with Crippen LogP contribution in [0.2, 0.25) is 0 Å². The molecule has 0 aliphatic heterocycles. The van der Waals surface area contributed by atoms with Crippen LogP contribution in [-0.2, 0) is 28.4 Å². The summed E-state index contributed by atoms with van der Waals surface area (Å²) in [7, 11) is 2.84. The molecule has 0 heterocycles. The molecule has 180 valence electrons. The fourth-order valence-corrected chi connectivity index (χ4v) is 4.26. The van der Waals surface area contributed by atoms with E-state index < -0.39 is 42.3 Å². The number of nitrogens with zero attached hydrogens (tertiary/aromatic N) is 1. The molecule has 2 aromatic carbocycles. The second-order valence-corrected chi connectivity index (χ2v) is 7.93. The predicted octanol–water partition coefficient (Wildman–Crippen LogP) is 6.25. The number of hydrogen-bond donors (Lipinski definition) is 0. The SMILES string of the molecule is COC(=O)N(C)[C@@H]1CC[C@H](OCc2cc(C(F)(F)F)cc(C(F)(F)F)c2)[C@H]1c1ccccc1. The van der Waals surface area contributed by atoms with Crippen LogP contribution in [-0.4, -0.2) is 37.3 Å². The van der Waals surface area contributed by atoms with Gasteiger partial charge in [0.05, 0.1) is 30.9 Å². The molecule has 2 aromatic rings. The van der Waals surface area contributed by atoms with Gasteiger partial charge in [0.25, 0.3) is 0 Å². The number of amides is 1. The van der Waals surface area contributed by atoms with Crippen molar-refractivity contribution < 1.29 is 40.6 Å². The summed E-state index contributed by atoms with van der Waals surface area (Å²) in [6, 6.07) is 10.2. The second kappa shape index (κ2) is 9.62. The number of carbonyl (C=O) groups is 1. The minimum Gasteiger partial charge on any atom is -0.453 e. The zero-order valence-electron chi connectivity index (χ0n) is 17.9. The highest BCUT2D eigenvalue weighted by atomic mass is 19.4. The third-order valence-corrected chi connectivity index (χ3v) is 5.82. The highest BCUT2D eigenvalue weighted by Crippen LogP contribution is 2.41. The van der Waals surface area contributed by atoms with E-state index in [1.807, 2.05) is 30.3 Å². The molecule has 0 spiro atoms. The van der Waals surface area contributed by atoms with Crippen molar-refractivity contribution in [3.05, 3.63) is 70.8 Å². The number of benzene rings is 2. The normalized spacial score (nSPS) is 21.2. The molecule has 0 saturated heterocycles. The van der Waals surface area contributed by atoms with Crippen molar-refractivity contribution in [1.29, 1.82) is 0 Å². The van der Waals surface area contributed by atoms with Gasteiger partial charge in [0.1, 0.15) is 0 Å². The van der Waals surface area contributed by atoms with Crippen LogP contribution in [0.4, 0.5) is 31.1 Å². The smallest absolute Gasteiger partial charge is 0.416 e. The molecular formula is C23H23F6NO3. The lowest BCUT2D eigenvalue weighted by Gasteiger charge is -2.31. The fourth-order valence-electron chi connectivity index (χ4n) is 4.26. The number of likely N-dealkylation sites (N-methyl/N-ethyl adjacent to an activating group) is 1. The topological polar surface area (TPSA) is 38.8 Å². The molecule has 1 fully saturated rings. The first-order chi connectivity index (χ1) is 15.4. The van der Waals surface area contributed by atoms with E-state index >= 15 is 0 Å². The Morgan fingerprint density at radius 1 is 0.970 bits per heavy atom. The summed E-state index contributed by atoms with van der Waals surface area (Å²) in [4.78, 5) is 13.5. The first-order valence-electron chi connectivity index (χ1n) is 10.2. The van der Waals surface area contributed by atoms with Crippen molar-refractivity contribution in [2.24, 2.45) is 0 Å². The molecular weight excluding hydrogens is 452 g/mol. The Bertz CT molecular complexity index is 929. The van der Waals surface area contributed by atoms with Gasteiger partial charge in [-0.1, -0.05) is 30.3 Å². The van der Waals surface area contributed by atoms with Gasteiger partial charge in [-0.15, -0.1) is 0 Å². The maximum atomic E-state index is 13.2. The maximum absolute atomic E-state index is 13.2. The van der Waals surface area contributed by atoms with Crippen molar-refractivity contribution in [2.45, 2.75) is 49.9 Å². The predicted molar refractivity (Wildman–Crippen MR) is 107 cm³/mol. The molecule has 0 bridgehead atoms. The summed E-state index contributed by atoms with van der Waals surface area (Å²) in [5.74, 6) is -0.330. The monoisotopic (exact) mass is 475 g/mol. The summed E-state index contributed by atoms with van der Waals surface area (Å²) >= 11 is 0. The van der Waals surface area contributed by atoms with E-state index in [4.69, 9.17) is 9.47 Å². The average Bonchev–Trinajstić information content (AvgIpc) is 3.19. The zero-order valence-corrected chi connectivity index (χ0v) is 17.9. The van der Waals surface area contributed by atoms with E-state index in [0.29, 0.717) is 25.0 Å². The second-order valence-electron chi connectivity index (χ2n) is 7.93. The van der Waals surface area contributed by atoms with E-state index in [0.717, 1.165) is 5.56 Å². The minimum atomic E-state index is -4.93. The third-order valence-electron chi connectivity index (χ3n) is 5.82. The van der Waals surface area contributed by atoms with Gasteiger partial charge < -0.3 is 14.4 Å². The Morgan fingerprint density at radius 3 is 2.06 bits per heavy atom. The van der Waals surface area contributed by atoms with Crippen LogP contribution in [0.25, 0.3) is 0 Å². The van der Waals surface area contributed by atoms with Crippen molar-refractivity contribution in [3.8, 4) is 0 Å². The number of hydrogen-bond acceptors (Lipinski definition) is 3. The number of methoxy groups -OCH3 is 1. The molecule has 1 aliphatic carbocycles. The van der Waals surface area contributed by atoms with E-state index in [1.165, 1.54) is 12.0 Å². The van der Waals surface area contributed by atoms with Gasteiger partial charge in [-0.3, -0.25) is 0 Å². The quantitative estimate of drug-likeness (QED) is 0.480. The van der Waals surface area contributed by atoms with Crippen LogP contribution < -0.4 is 0 Å². The van der Waals surface area contributed by atoms with Crippen LogP contribution in [0.1, 0.15) is 41.0 Å². The molecule has 3 atom stereocenters. The first kappa shape index (κ1) is 24.9. The van der Waals surface area contributed by atoms with Crippen LogP contribution in [0.15, 0.2) is 48.5 Å². The summed E-state index contributed by atoms with van der Waals surface area (Å²) < 4.78 is 89.6. The van der Waals surface area contributed by atoms with Gasteiger partial charge >= 0.3 is 18.4 Å². The minimum absolute atomic E-state index is 0.0905. The lowest BCUT2D eigenvalue weighted by Crippen LogP contribution is -2.40. The lowest BCUT2D eigenvalue weighted by molar-refractivity contribution is -0.143. The molecule has 10 heteroatoms. The van der Waals surface area contributed by atoms with E-state index in [1.54, 1.807) is 7.05 Å². The summed E-state index contributed by atoms with van der Waals surface area (Å²) in [6.07, 6.45) is -9.92. The molecule has 0 radical (unpaired) electrons. The summed E-state index contributed by atoms with van der Waals surface area (Å²) in [5.41, 5.74) is -2.15. The van der Waals surface area contributed by atoms with E-state index in [-0.39, 0.29) is 23.6 Å². The molecule has 1 amide bonds. The Labute approximate surface area is 187 Å². The Morgan fingerprint density at radius 2 is 1.55 bits per heavy atom. The molecule has 1 aliphatic rings. The largest absolute Gasteiger partial charge is 0.453 e. The molecule has 0 aromatic heterocycles. The molecule has 0 N–H and O–H groups in total. The number of alkyl halides is 6. The number of rotatable bonds is 5. The van der Waals surface area contributed by atoms with Gasteiger partial charge in [0.15, 0.2) is 0 Å². The number of ether oxygens (including phenoxy) is 2. The number of halogens is 6. The van der Waals surface area contributed by atoms with Crippen molar-refractivity contribution >= 4 is 6.09 Å². The molecule has 4 nitrogen and oxygen atoms in total. The highest BCUT2D eigenvalue weighted by molar-refractivity contribution is 5.67. The van der Waals surface area contributed by atoms with Crippen LogP contribution in [0, 0.1) is 0 Å². The van der Waals surface area contributed by atoms with Crippen molar-refractivity contribution in [1.82, 2.24) is 4.90 Å². The van der Waals surface area contributed by atoms with E-state index in [2.05, 4.69) is 0 Å².